The molecule has 1 fully saturated rings. The van der Waals surface area contributed by atoms with Crippen molar-refractivity contribution in [2.75, 3.05) is 24.5 Å². The second-order valence-corrected chi connectivity index (χ2v) is 8.66. The van der Waals surface area contributed by atoms with E-state index in [-0.39, 0.29) is 17.2 Å². The van der Waals surface area contributed by atoms with E-state index in [1.165, 1.54) is 18.5 Å². The number of benzene rings is 1. The first kappa shape index (κ1) is 23.2. The summed E-state index contributed by atoms with van der Waals surface area (Å²) in [6.45, 7) is 3.05. The summed E-state index contributed by atoms with van der Waals surface area (Å²) < 4.78 is 58.1. The minimum absolute atomic E-state index is 0.206. The molecule has 4 heterocycles. The van der Waals surface area contributed by atoms with Crippen LogP contribution in [0.1, 0.15) is 24.3 Å². The van der Waals surface area contributed by atoms with E-state index in [1.807, 2.05) is 28.8 Å². The minimum atomic E-state index is -4.70. The number of rotatable bonds is 6. The number of hydrogen-bond donors (Lipinski definition) is 1. The summed E-state index contributed by atoms with van der Waals surface area (Å²) in [7, 11) is 1.85. The lowest BCUT2D eigenvalue weighted by Gasteiger charge is -2.32. The van der Waals surface area contributed by atoms with E-state index in [4.69, 9.17) is 0 Å². The van der Waals surface area contributed by atoms with E-state index in [0.717, 1.165) is 43.4 Å². The van der Waals surface area contributed by atoms with Gasteiger partial charge in [0.1, 0.15) is 5.82 Å². The summed E-state index contributed by atoms with van der Waals surface area (Å²) >= 11 is 0. The van der Waals surface area contributed by atoms with Crippen molar-refractivity contribution in [2.24, 2.45) is 13.0 Å². The molecule has 12 heteroatoms. The Morgan fingerprint density at radius 3 is 2.57 bits per heavy atom. The first-order chi connectivity index (χ1) is 16.8. The highest BCUT2D eigenvalue weighted by atomic mass is 19.4. The quantitative estimate of drug-likeness (QED) is 0.407. The van der Waals surface area contributed by atoms with Crippen LogP contribution < -0.4 is 10.2 Å². The van der Waals surface area contributed by atoms with Gasteiger partial charge in [0.25, 0.3) is 0 Å². The lowest BCUT2D eigenvalue weighted by atomic mass is 9.97. The molecule has 4 aromatic rings. The molecule has 0 atom stereocenters. The Balaban J connectivity index is 1.13. The molecule has 0 bridgehead atoms. The van der Waals surface area contributed by atoms with Crippen molar-refractivity contribution >= 4 is 16.9 Å². The summed E-state index contributed by atoms with van der Waals surface area (Å²) in [6.07, 6.45) is 1.95. The molecule has 0 saturated carbocycles. The second kappa shape index (κ2) is 9.25. The van der Waals surface area contributed by atoms with Crippen molar-refractivity contribution in [3.05, 3.63) is 54.1 Å². The molecular formula is C23H23F4N7O. The van der Waals surface area contributed by atoms with Gasteiger partial charge in [0.2, 0.25) is 11.8 Å². The van der Waals surface area contributed by atoms with Crippen molar-refractivity contribution in [3.8, 4) is 11.4 Å². The number of nitrogens with one attached hydrogen (secondary N) is 1. The van der Waals surface area contributed by atoms with Crippen LogP contribution in [0.15, 0.2) is 41.3 Å². The Labute approximate surface area is 198 Å². The van der Waals surface area contributed by atoms with Gasteiger partial charge in [-0.1, -0.05) is 17.3 Å². The van der Waals surface area contributed by atoms with Crippen molar-refractivity contribution in [1.82, 2.24) is 30.0 Å². The van der Waals surface area contributed by atoms with Gasteiger partial charge < -0.3 is 19.3 Å². The molecule has 3 aromatic heterocycles. The molecule has 1 aliphatic heterocycles. The van der Waals surface area contributed by atoms with Crippen LogP contribution in [0, 0.1) is 11.7 Å². The van der Waals surface area contributed by atoms with Gasteiger partial charge >= 0.3 is 12.1 Å². The molecule has 0 aliphatic carbocycles. The summed E-state index contributed by atoms with van der Waals surface area (Å²) in [5.74, 6) is -0.834. The first-order valence-corrected chi connectivity index (χ1v) is 11.2. The first-order valence-electron chi connectivity index (χ1n) is 11.2. The Bertz CT molecular complexity index is 1310. The van der Waals surface area contributed by atoms with Crippen LogP contribution in [-0.4, -0.2) is 44.3 Å². The molecule has 0 unspecified atom stereocenters. The summed E-state index contributed by atoms with van der Waals surface area (Å²) in [5.41, 5.74) is 1.93. The van der Waals surface area contributed by atoms with Gasteiger partial charge in [-0.3, -0.25) is 0 Å². The van der Waals surface area contributed by atoms with Crippen LogP contribution in [0.25, 0.3) is 22.3 Å². The van der Waals surface area contributed by atoms with Gasteiger partial charge in [-0.25, -0.2) is 14.4 Å². The van der Waals surface area contributed by atoms with Crippen molar-refractivity contribution < 1.29 is 22.1 Å². The van der Waals surface area contributed by atoms with Gasteiger partial charge in [0.15, 0.2) is 0 Å². The topological polar surface area (TPSA) is 84.9 Å². The number of halogens is 4. The SMILES string of the molecule is Cn1cc(CNCC2CCN(c3ncc(-c4noc(C(F)(F)F)n4)cn3)CC2)c2cccc(F)c21. The number of fused-ring (bicyclic) bond motifs is 1. The predicted molar refractivity (Wildman–Crippen MR) is 120 cm³/mol. The van der Waals surface area contributed by atoms with Gasteiger partial charge in [0, 0.05) is 50.7 Å². The molecule has 184 valence electrons. The highest BCUT2D eigenvalue weighted by Crippen LogP contribution is 2.29. The maximum absolute atomic E-state index is 14.1. The fourth-order valence-electron chi connectivity index (χ4n) is 4.45. The molecular weight excluding hydrogens is 466 g/mol. The van der Waals surface area contributed by atoms with E-state index >= 15 is 0 Å². The molecule has 0 radical (unpaired) electrons. The van der Waals surface area contributed by atoms with Crippen LogP contribution in [0.2, 0.25) is 0 Å². The fraction of sp³-hybridized carbons (Fsp3) is 0.391. The number of nitrogens with zero attached hydrogens (tertiary/aromatic N) is 6. The Hall–Kier alpha value is -3.54. The Morgan fingerprint density at radius 2 is 1.89 bits per heavy atom. The maximum Gasteiger partial charge on any atom is 0.471 e. The van der Waals surface area contributed by atoms with E-state index in [0.29, 0.717) is 23.9 Å². The maximum atomic E-state index is 14.1. The molecule has 35 heavy (non-hydrogen) atoms. The third-order valence-corrected chi connectivity index (χ3v) is 6.25. The number of hydrogen-bond acceptors (Lipinski definition) is 7. The number of piperidine rings is 1. The normalized spacial score (nSPS) is 15.3. The summed E-state index contributed by atoms with van der Waals surface area (Å²) in [4.78, 5) is 14.0. The lowest BCUT2D eigenvalue weighted by Crippen LogP contribution is -2.38. The Morgan fingerprint density at radius 1 is 1.14 bits per heavy atom. The van der Waals surface area contributed by atoms with Crippen LogP contribution in [0.3, 0.4) is 0 Å². The van der Waals surface area contributed by atoms with E-state index in [9.17, 15) is 17.6 Å². The molecule has 1 aliphatic rings. The number of aromatic nitrogens is 5. The van der Waals surface area contributed by atoms with Crippen molar-refractivity contribution in [3.63, 3.8) is 0 Å². The average molecular weight is 489 g/mol. The molecule has 0 spiro atoms. The molecule has 8 nitrogen and oxygen atoms in total. The predicted octanol–water partition coefficient (Wildman–Crippen LogP) is 4.18. The lowest BCUT2D eigenvalue weighted by molar-refractivity contribution is -0.159. The standard InChI is InChI=1S/C23H23F4N7O/c1-33-13-16(17-3-2-4-18(24)19(17)33)10-28-9-14-5-7-34(8-6-14)22-29-11-15(12-30-22)20-31-21(35-32-20)23(25,26)27/h2-4,11-14,28H,5-10H2,1H3. The van der Waals surface area contributed by atoms with Crippen LogP contribution >= 0.6 is 0 Å². The second-order valence-electron chi connectivity index (χ2n) is 8.66. The molecule has 1 aromatic carbocycles. The van der Waals surface area contributed by atoms with Crippen LogP contribution in [0.4, 0.5) is 23.5 Å². The highest BCUT2D eigenvalue weighted by molar-refractivity contribution is 5.84. The number of alkyl halides is 3. The van der Waals surface area contributed by atoms with E-state index in [1.54, 1.807) is 6.07 Å². The molecule has 1 saturated heterocycles. The molecule has 1 N–H and O–H groups in total. The monoisotopic (exact) mass is 489 g/mol. The van der Waals surface area contributed by atoms with Gasteiger partial charge in [-0.05, 0) is 36.9 Å². The van der Waals surface area contributed by atoms with Crippen LogP contribution in [-0.2, 0) is 19.8 Å². The van der Waals surface area contributed by atoms with Crippen molar-refractivity contribution in [1.29, 1.82) is 0 Å². The number of aryl methyl sites for hydroxylation is 1. The molecule has 5 rings (SSSR count). The minimum Gasteiger partial charge on any atom is -0.348 e. The van der Waals surface area contributed by atoms with Gasteiger partial charge in [0.05, 0.1) is 11.1 Å². The zero-order valence-corrected chi connectivity index (χ0v) is 18.9. The summed E-state index contributed by atoms with van der Waals surface area (Å²) in [6, 6.07) is 5.14. The third-order valence-electron chi connectivity index (χ3n) is 6.25. The zero-order chi connectivity index (χ0) is 24.6. The number of anilines is 1. The largest absolute Gasteiger partial charge is 0.471 e. The zero-order valence-electron chi connectivity index (χ0n) is 18.9. The van der Waals surface area contributed by atoms with Crippen LogP contribution in [0.5, 0.6) is 0 Å². The Kier molecular flexibility index (Phi) is 6.13. The number of para-hydroxylation sites is 1. The average Bonchev–Trinajstić information content (AvgIpc) is 3.46. The smallest absolute Gasteiger partial charge is 0.348 e. The van der Waals surface area contributed by atoms with Crippen molar-refractivity contribution in [2.45, 2.75) is 25.6 Å². The van der Waals surface area contributed by atoms with E-state index in [2.05, 4.69) is 29.9 Å². The van der Waals surface area contributed by atoms with E-state index < -0.39 is 12.1 Å². The van der Waals surface area contributed by atoms with Gasteiger partial charge in [-0.15, -0.1) is 0 Å². The van der Waals surface area contributed by atoms with Gasteiger partial charge in [-0.2, -0.15) is 18.2 Å². The fourth-order valence-corrected chi connectivity index (χ4v) is 4.45. The molecule has 0 amide bonds. The highest BCUT2D eigenvalue weighted by Gasteiger charge is 2.38. The summed E-state index contributed by atoms with van der Waals surface area (Å²) in [5, 5.41) is 7.77. The third kappa shape index (κ3) is 4.83.